The van der Waals surface area contributed by atoms with Gasteiger partial charge in [0.2, 0.25) is 0 Å². The normalized spacial score (nSPS) is 10.1. The number of aromatic nitrogens is 1. The first-order chi connectivity index (χ1) is 9.13. The first-order valence-corrected chi connectivity index (χ1v) is 5.75. The van der Waals surface area contributed by atoms with Crippen LogP contribution in [0.15, 0.2) is 36.5 Å². The molecule has 0 saturated carbocycles. The highest BCUT2D eigenvalue weighted by molar-refractivity contribution is 6.30. The van der Waals surface area contributed by atoms with E-state index in [0.29, 0.717) is 11.4 Å². The van der Waals surface area contributed by atoms with Gasteiger partial charge in [-0.2, -0.15) is 0 Å². The van der Waals surface area contributed by atoms with Crippen molar-refractivity contribution in [3.8, 4) is 5.75 Å². The lowest BCUT2D eigenvalue weighted by molar-refractivity contribution is 0.102. The van der Waals surface area contributed by atoms with Crippen molar-refractivity contribution >= 4 is 23.2 Å². The van der Waals surface area contributed by atoms with Crippen molar-refractivity contribution in [3.05, 3.63) is 53.1 Å². The Bertz CT molecular complexity index is 619. The van der Waals surface area contributed by atoms with Crippen LogP contribution in [0.3, 0.4) is 0 Å². The van der Waals surface area contributed by atoms with E-state index in [-0.39, 0.29) is 10.7 Å². The van der Waals surface area contributed by atoms with Crippen LogP contribution < -0.4 is 10.1 Å². The molecule has 0 aliphatic heterocycles. The average molecular weight is 281 g/mol. The molecule has 98 valence electrons. The summed E-state index contributed by atoms with van der Waals surface area (Å²) in [6.45, 7) is 0. The number of methoxy groups -OCH3 is 1. The standard InChI is InChI=1S/C13H10ClFN2O2/c1-19-10-5-3-2-4-9(10)17-13(18)8-6-7-16-12(14)11(8)15/h2-7H,1H3,(H,17,18). The van der Waals surface area contributed by atoms with E-state index in [1.54, 1.807) is 24.3 Å². The minimum atomic E-state index is -0.850. The van der Waals surface area contributed by atoms with Gasteiger partial charge in [-0.1, -0.05) is 23.7 Å². The van der Waals surface area contributed by atoms with Crippen LogP contribution in [-0.2, 0) is 0 Å². The van der Waals surface area contributed by atoms with Crippen molar-refractivity contribution in [1.82, 2.24) is 4.98 Å². The van der Waals surface area contributed by atoms with Crippen molar-refractivity contribution in [2.45, 2.75) is 0 Å². The third kappa shape index (κ3) is 2.82. The second-order valence-corrected chi connectivity index (χ2v) is 3.98. The Morgan fingerprint density at radius 2 is 2.11 bits per heavy atom. The number of hydrogen-bond donors (Lipinski definition) is 1. The molecule has 0 aliphatic rings. The van der Waals surface area contributed by atoms with Crippen molar-refractivity contribution < 1.29 is 13.9 Å². The van der Waals surface area contributed by atoms with Gasteiger partial charge in [0.15, 0.2) is 11.0 Å². The van der Waals surface area contributed by atoms with Gasteiger partial charge in [-0.15, -0.1) is 0 Å². The van der Waals surface area contributed by atoms with Gasteiger partial charge >= 0.3 is 0 Å². The number of benzene rings is 1. The number of nitrogens with one attached hydrogen (secondary N) is 1. The number of anilines is 1. The van der Waals surface area contributed by atoms with E-state index in [4.69, 9.17) is 16.3 Å². The lowest BCUT2D eigenvalue weighted by atomic mass is 10.2. The van der Waals surface area contributed by atoms with E-state index in [0.717, 1.165) is 0 Å². The predicted molar refractivity (Wildman–Crippen MR) is 70.2 cm³/mol. The van der Waals surface area contributed by atoms with Gasteiger partial charge in [0, 0.05) is 6.20 Å². The quantitative estimate of drug-likeness (QED) is 0.879. The van der Waals surface area contributed by atoms with Crippen LogP contribution in [-0.4, -0.2) is 18.0 Å². The summed E-state index contributed by atoms with van der Waals surface area (Å²) >= 11 is 5.53. The second-order valence-electron chi connectivity index (χ2n) is 3.62. The summed E-state index contributed by atoms with van der Waals surface area (Å²) in [6, 6.07) is 8.08. The van der Waals surface area contributed by atoms with Gasteiger partial charge in [-0.3, -0.25) is 4.79 Å². The second kappa shape index (κ2) is 5.67. The molecule has 1 heterocycles. The van der Waals surface area contributed by atoms with Crippen LogP contribution in [0.5, 0.6) is 5.75 Å². The SMILES string of the molecule is COc1ccccc1NC(=O)c1ccnc(Cl)c1F. The van der Waals surface area contributed by atoms with E-state index in [1.165, 1.54) is 19.4 Å². The average Bonchev–Trinajstić information content (AvgIpc) is 2.42. The number of para-hydroxylation sites is 2. The smallest absolute Gasteiger partial charge is 0.258 e. The van der Waals surface area contributed by atoms with Crippen LogP contribution in [0.2, 0.25) is 5.15 Å². The fourth-order valence-corrected chi connectivity index (χ4v) is 1.69. The molecule has 0 fully saturated rings. The summed E-state index contributed by atoms with van der Waals surface area (Å²) in [6.07, 6.45) is 1.27. The lowest BCUT2D eigenvalue weighted by Gasteiger charge is -2.10. The molecule has 1 N–H and O–H groups in total. The summed E-state index contributed by atoms with van der Waals surface area (Å²) in [5.74, 6) is -0.987. The van der Waals surface area contributed by atoms with Gasteiger partial charge < -0.3 is 10.1 Å². The molecule has 6 heteroatoms. The molecule has 2 rings (SSSR count). The molecule has 19 heavy (non-hydrogen) atoms. The van der Waals surface area contributed by atoms with Crippen LogP contribution in [0.1, 0.15) is 10.4 Å². The number of pyridine rings is 1. The molecular formula is C13H10ClFN2O2. The van der Waals surface area contributed by atoms with Crippen molar-refractivity contribution in [2.24, 2.45) is 0 Å². The van der Waals surface area contributed by atoms with Crippen LogP contribution in [0, 0.1) is 5.82 Å². The Kier molecular flexibility index (Phi) is 3.97. The number of nitrogens with zero attached hydrogens (tertiary/aromatic N) is 1. The number of amides is 1. The molecular weight excluding hydrogens is 271 g/mol. The molecule has 4 nitrogen and oxygen atoms in total. The van der Waals surface area contributed by atoms with Crippen LogP contribution in [0.4, 0.5) is 10.1 Å². The molecule has 0 spiro atoms. The summed E-state index contributed by atoms with van der Waals surface area (Å²) in [4.78, 5) is 15.5. The number of rotatable bonds is 3. The van der Waals surface area contributed by atoms with E-state index < -0.39 is 11.7 Å². The monoisotopic (exact) mass is 280 g/mol. The molecule has 0 unspecified atom stereocenters. The van der Waals surface area contributed by atoms with Gasteiger partial charge in [0.1, 0.15) is 5.75 Å². The predicted octanol–water partition coefficient (Wildman–Crippen LogP) is 3.14. The number of carbonyl (C=O) groups excluding carboxylic acids is 1. The molecule has 1 aromatic heterocycles. The molecule has 0 saturated heterocycles. The highest BCUT2D eigenvalue weighted by Gasteiger charge is 2.16. The number of carbonyl (C=O) groups is 1. The first-order valence-electron chi connectivity index (χ1n) is 5.38. The molecule has 1 aromatic carbocycles. The Morgan fingerprint density at radius 1 is 1.37 bits per heavy atom. The zero-order chi connectivity index (χ0) is 13.8. The van der Waals surface area contributed by atoms with Crippen molar-refractivity contribution in [2.75, 3.05) is 12.4 Å². The van der Waals surface area contributed by atoms with E-state index in [1.807, 2.05) is 0 Å². The highest BCUT2D eigenvalue weighted by atomic mass is 35.5. The van der Waals surface area contributed by atoms with Crippen molar-refractivity contribution in [1.29, 1.82) is 0 Å². The maximum atomic E-state index is 13.7. The number of hydrogen-bond acceptors (Lipinski definition) is 3. The maximum Gasteiger partial charge on any atom is 0.258 e. The minimum Gasteiger partial charge on any atom is -0.495 e. The summed E-state index contributed by atoms with van der Waals surface area (Å²) < 4.78 is 18.7. The van der Waals surface area contributed by atoms with Gasteiger partial charge in [-0.25, -0.2) is 9.37 Å². The fourth-order valence-electron chi connectivity index (χ4n) is 1.53. The molecule has 0 atom stereocenters. The van der Waals surface area contributed by atoms with Gasteiger partial charge in [0.05, 0.1) is 18.4 Å². The summed E-state index contributed by atoms with van der Waals surface area (Å²) in [5.41, 5.74) is 0.272. The Labute approximate surface area is 114 Å². The van der Waals surface area contributed by atoms with Gasteiger partial charge in [0.25, 0.3) is 5.91 Å². The number of halogens is 2. The minimum absolute atomic E-state index is 0.175. The fraction of sp³-hybridized carbons (Fsp3) is 0.0769. The molecule has 0 bridgehead atoms. The Hall–Kier alpha value is -2.14. The van der Waals surface area contributed by atoms with Crippen LogP contribution in [0.25, 0.3) is 0 Å². The van der Waals surface area contributed by atoms with E-state index in [9.17, 15) is 9.18 Å². The topological polar surface area (TPSA) is 51.2 Å². The van der Waals surface area contributed by atoms with Gasteiger partial charge in [-0.05, 0) is 18.2 Å². The first kappa shape index (κ1) is 13.3. The molecule has 0 aliphatic carbocycles. The Balaban J connectivity index is 2.28. The van der Waals surface area contributed by atoms with E-state index >= 15 is 0 Å². The third-order valence-corrected chi connectivity index (χ3v) is 2.71. The molecule has 0 radical (unpaired) electrons. The number of ether oxygens (including phenoxy) is 1. The zero-order valence-corrected chi connectivity index (χ0v) is 10.7. The summed E-state index contributed by atoms with van der Waals surface area (Å²) in [7, 11) is 1.48. The summed E-state index contributed by atoms with van der Waals surface area (Å²) in [5, 5.41) is 2.22. The third-order valence-electron chi connectivity index (χ3n) is 2.45. The molecule has 1 amide bonds. The largest absolute Gasteiger partial charge is 0.495 e. The zero-order valence-electron chi connectivity index (χ0n) is 9.98. The highest BCUT2D eigenvalue weighted by Crippen LogP contribution is 2.24. The van der Waals surface area contributed by atoms with Crippen LogP contribution >= 0.6 is 11.6 Å². The molecule has 2 aromatic rings. The maximum absolute atomic E-state index is 13.7. The van der Waals surface area contributed by atoms with Crippen molar-refractivity contribution in [3.63, 3.8) is 0 Å². The lowest BCUT2D eigenvalue weighted by Crippen LogP contribution is -2.14. The Morgan fingerprint density at radius 3 is 2.84 bits per heavy atom. The van der Waals surface area contributed by atoms with E-state index in [2.05, 4.69) is 10.3 Å².